The largest absolute Gasteiger partial charge is 0.0654 e. The minimum absolute atomic E-state index is 0.820. The number of rotatable bonds is 4. The molecule has 0 bridgehead atoms. The summed E-state index contributed by atoms with van der Waals surface area (Å²) < 4.78 is 0. The van der Waals surface area contributed by atoms with Crippen LogP contribution in [0.4, 0.5) is 0 Å². The molecule has 0 unspecified atom stereocenters. The second kappa shape index (κ2) is 6.43. The molecule has 20 heavy (non-hydrogen) atoms. The Morgan fingerprint density at radius 2 is 1.75 bits per heavy atom. The molecule has 0 spiro atoms. The Morgan fingerprint density at radius 1 is 0.950 bits per heavy atom. The summed E-state index contributed by atoms with van der Waals surface area (Å²) in [6, 6.07) is 13.7. The maximum absolute atomic E-state index is 2.43. The molecule has 3 rings (SSSR count). The van der Waals surface area contributed by atoms with E-state index in [-0.39, 0.29) is 0 Å². The SMILES string of the molecule is CCCCc1c(C2CCCCC2)ccc2ccccc12. The summed E-state index contributed by atoms with van der Waals surface area (Å²) in [6.07, 6.45) is 10.9. The van der Waals surface area contributed by atoms with Gasteiger partial charge in [0.25, 0.3) is 0 Å². The summed E-state index contributed by atoms with van der Waals surface area (Å²) in [5, 5.41) is 2.92. The van der Waals surface area contributed by atoms with Gasteiger partial charge in [-0.25, -0.2) is 0 Å². The van der Waals surface area contributed by atoms with Crippen LogP contribution in [0, 0.1) is 0 Å². The van der Waals surface area contributed by atoms with Gasteiger partial charge in [-0.3, -0.25) is 0 Å². The zero-order valence-corrected chi connectivity index (χ0v) is 12.7. The molecule has 0 atom stereocenters. The average molecular weight is 266 g/mol. The van der Waals surface area contributed by atoms with Crippen molar-refractivity contribution in [1.82, 2.24) is 0 Å². The van der Waals surface area contributed by atoms with E-state index in [2.05, 4.69) is 43.3 Å². The summed E-state index contributed by atoms with van der Waals surface area (Å²) in [7, 11) is 0. The Bertz CT molecular complexity index is 561. The van der Waals surface area contributed by atoms with E-state index in [1.807, 2.05) is 0 Å². The summed E-state index contributed by atoms with van der Waals surface area (Å²) >= 11 is 0. The van der Waals surface area contributed by atoms with Gasteiger partial charge in [-0.15, -0.1) is 0 Å². The van der Waals surface area contributed by atoms with Crippen molar-refractivity contribution in [1.29, 1.82) is 0 Å². The van der Waals surface area contributed by atoms with Crippen LogP contribution in [-0.4, -0.2) is 0 Å². The third-order valence-electron chi connectivity index (χ3n) is 4.90. The van der Waals surface area contributed by atoms with Crippen LogP contribution in [-0.2, 0) is 6.42 Å². The van der Waals surface area contributed by atoms with Crippen LogP contribution in [0.5, 0.6) is 0 Å². The molecule has 1 fully saturated rings. The van der Waals surface area contributed by atoms with E-state index < -0.39 is 0 Å². The van der Waals surface area contributed by atoms with Gasteiger partial charge in [-0.1, -0.05) is 69.0 Å². The van der Waals surface area contributed by atoms with Gasteiger partial charge < -0.3 is 0 Å². The molecule has 1 aliphatic rings. The summed E-state index contributed by atoms with van der Waals surface area (Å²) in [5.41, 5.74) is 3.31. The topological polar surface area (TPSA) is 0 Å². The van der Waals surface area contributed by atoms with Gasteiger partial charge in [0.05, 0.1) is 0 Å². The van der Waals surface area contributed by atoms with Crippen LogP contribution in [0.25, 0.3) is 10.8 Å². The first kappa shape index (κ1) is 13.7. The van der Waals surface area contributed by atoms with Gasteiger partial charge >= 0.3 is 0 Å². The summed E-state index contributed by atoms with van der Waals surface area (Å²) in [6.45, 7) is 2.30. The predicted octanol–water partition coefficient (Wildman–Crippen LogP) is 6.23. The molecule has 2 aromatic rings. The first-order valence-corrected chi connectivity index (χ1v) is 8.40. The van der Waals surface area contributed by atoms with E-state index in [9.17, 15) is 0 Å². The van der Waals surface area contributed by atoms with Crippen molar-refractivity contribution in [3.05, 3.63) is 47.5 Å². The van der Waals surface area contributed by atoms with E-state index >= 15 is 0 Å². The Labute approximate surface area is 123 Å². The van der Waals surface area contributed by atoms with E-state index in [4.69, 9.17) is 0 Å². The molecule has 0 N–H and O–H groups in total. The number of aryl methyl sites for hydroxylation is 1. The molecule has 0 saturated heterocycles. The number of fused-ring (bicyclic) bond motifs is 1. The normalized spacial score (nSPS) is 16.6. The van der Waals surface area contributed by atoms with Crippen LogP contribution >= 0.6 is 0 Å². The van der Waals surface area contributed by atoms with E-state index in [1.54, 1.807) is 11.1 Å². The van der Waals surface area contributed by atoms with Gasteiger partial charge in [0.1, 0.15) is 0 Å². The second-order valence-electron chi connectivity index (χ2n) is 6.29. The number of hydrogen-bond donors (Lipinski definition) is 0. The van der Waals surface area contributed by atoms with Crippen molar-refractivity contribution in [3.63, 3.8) is 0 Å². The first-order chi connectivity index (χ1) is 9.90. The molecular formula is C20H26. The van der Waals surface area contributed by atoms with Crippen LogP contribution in [0.1, 0.15) is 68.9 Å². The zero-order chi connectivity index (χ0) is 13.8. The van der Waals surface area contributed by atoms with Gasteiger partial charge in [0, 0.05) is 0 Å². The highest BCUT2D eigenvalue weighted by atomic mass is 14.2. The van der Waals surface area contributed by atoms with Crippen LogP contribution < -0.4 is 0 Å². The Hall–Kier alpha value is -1.30. The van der Waals surface area contributed by atoms with Gasteiger partial charge in [-0.2, -0.15) is 0 Å². The number of benzene rings is 2. The summed E-state index contributed by atoms with van der Waals surface area (Å²) in [5.74, 6) is 0.820. The molecule has 106 valence electrons. The lowest BCUT2D eigenvalue weighted by molar-refractivity contribution is 0.441. The smallest absolute Gasteiger partial charge is 0.0149 e. The van der Waals surface area contributed by atoms with Crippen LogP contribution in [0.2, 0.25) is 0 Å². The first-order valence-electron chi connectivity index (χ1n) is 8.40. The summed E-state index contributed by atoms with van der Waals surface area (Å²) in [4.78, 5) is 0. The molecule has 0 nitrogen and oxygen atoms in total. The maximum Gasteiger partial charge on any atom is -0.0149 e. The molecule has 0 radical (unpaired) electrons. The second-order valence-corrected chi connectivity index (χ2v) is 6.29. The van der Waals surface area contributed by atoms with Crippen molar-refractivity contribution in [2.24, 2.45) is 0 Å². The van der Waals surface area contributed by atoms with Gasteiger partial charge in [0.15, 0.2) is 0 Å². The molecular weight excluding hydrogens is 240 g/mol. The molecule has 0 amide bonds. The van der Waals surface area contributed by atoms with Crippen LogP contribution in [0.3, 0.4) is 0 Å². The molecule has 1 saturated carbocycles. The van der Waals surface area contributed by atoms with Crippen molar-refractivity contribution in [2.45, 2.75) is 64.2 Å². The van der Waals surface area contributed by atoms with Crippen molar-refractivity contribution in [2.75, 3.05) is 0 Å². The van der Waals surface area contributed by atoms with Crippen LogP contribution in [0.15, 0.2) is 36.4 Å². The third kappa shape index (κ3) is 2.75. The fourth-order valence-electron chi connectivity index (χ4n) is 3.78. The Kier molecular flexibility index (Phi) is 4.40. The zero-order valence-electron chi connectivity index (χ0n) is 12.7. The lowest BCUT2D eigenvalue weighted by atomic mass is 9.80. The number of hydrogen-bond acceptors (Lipinski definition) is 0. The maximum atomic E-state index is 2.43. The van der Waals surface area contributed by atoms with Crippen molar-refractivity contribution in [3.8, 4) is 0 Å². The molecule has 0 heteroatoms. The lowest BCUT2D eigenvalue weighted by Crippen LogP contribution is -2.08. The van der Waals surface area contributed by atoms with Crippen molar-refractivity contribution < 1.29 is 0 Å². The lowest BCUT2D eigenvalue weighted by Gasteiger charge is -2.25. The third-order valence-corrected chi connectivity index (χ3v) is 4.90. The molecule has 0 heterocycles. The average Bonchev–Trinajstić information content (AvgIpc) is 2.53. The minimum Gasteiger partial charge on any atom is -0.0654 e. The highest BCUT2D eigenvalue weighted by molar-refractivity contribution is 5.87. The molecule has 0 aliphatic heterocycles. The Balaban J connectivity index is 2.04. The molecule has 1 aliphatic carbocycles. The fraction of sp³-hybridized carbons (Fsp3) is 0.500. The predicted molar refractivity (Wildman–Crippen MR) is 88.4 cm³/mol. The standard InChI is InChI=1S/C20H26/c1-2-3-12-20-18-13-8-7-11-17(18)14-15-19(20)16-9-5-4-6-10-16/h7-8,11,13-16H,2-6,9-10,12H2,1H3. The van der Waals surface area contributed by atoms with Gasteiger partial charge in [0.2, 0.25) is 0 Å². The molecule has 2 aromatic carbocycles. The highest BCUT2D eigenvalue weighted by Crippen LogP contribution is 2.37. The van der Waals surface area contributed by atoms with E-state index in [0.29, 0.717) is 0 Å². The Morgan fingerprint density at radius 3 is 2.55 bits per heavy atom. The van der Waals surface area contributed by atoms with E-state index in [1.165, 1.54) is 62.1 Å². The van der Waals surface area contributed by atoms with Gasteiger partial charge in [-0.05, 0) is 53.5 Å². The van der Waals surface area contributed by atoms with E-state index in [0.717, 1.165) is 5.92 Å². The monoisotopic (exact) mass is 266 g/mol. The fourth-order valence-corrected chi connectivity index (χ4v) is 3.78. The number of unbranched alkanes of at least 4 members (excludes halogenated alkanes) is 1. The highest BCUT2D eigenvalue weighted by Gasteiger charge is 2.19. The quantitative estimate of drug-likeness (QED) is 0.615. The minimum atomic E-state index is 0.820. The molecule has 0 aromatic heterocycles. The van der Waals surface area contributed by atoms with Crippen molar-refractivity contribution >= 4 is 10.8 Å².